The summed E-state index contributed by atoms with van der Waals surface area (Å²) in [6.45, 7) is 5.01. The second-order valence-electron chi connectivity index (χ2n) is 8.96. The lowest BCUT2D eigenvalue weighted by Crippen LogP contribution is -2.30. The molecule has 33 heavy (non-hydrogen) atoms. The topological polar surface area (TPSA) is 79.5 Å². The van der Waals surface area contributed by atoms with Crippen molar-refractivity contribution < 1.29 is 32.6 Å². The van der Waals surface area contributed by atoms with E-state index in [0.29, 0.717) is 12.1 Å². The van der Waals surface area contributed by atoms with Gasteiger partial charge < -0.3 is 14.8 Å². The summed E-state index contributed by atoms with van der Waals surface area (Å²) in [5.74, 6) is -5.56. The quantitative estimate of drug-likeness (QED) is 0.521. The van der Waals surface area contributed by atoms with Gasteiger partial charge >= 0.3 is 5.97 Å². The van der Waals surface area contributed by atoms with Crippen molar-refractivity contribution in [2.75, 3.05) is 6.61 Å². The number of pyridine rings is 1. The average Bonchev–Trinajstić information content (AvgIpc) is 2.68. The molecule has 0 aliphatic heterocycles. The number of aliphatic hydroxyl groups is 1. The van der Waals surface area contributed by atoms with E-state index in [1.807, 2.05) is 0 Å². The first kappa shape index (κ1) is 24.4. The molecule has 9 heteroatoms. The number of aromatic nitrogens is 1. The fourth-order valence-corrected chi connectivity index (χ4v) is 3.87. The molecular formula is C24H23F4NO4. The molecule has 0 aliphatic rings. The van der Waals surface area contributed by atoms with Crippen LogP contribution in [-0.4, -0.2) is 27.4 Å². The summed E-state index contributed by atoms with van der Waals surface area (Å²) < 4.78 is 57.4. The zero-order valence-electron chi connectivity index (χ0n) is 18.3. The zero-order chi connectivity index (χ0) is 24.7. The Balaban J connectivity index is 2.17. The van der Waals surface area contributed by atoms with Crippen molar-refractivity contribution >= 4 is 16.9 Å². The Labute approximate surface area is 186 Å². The minimum atomic E-state index is -1.48. The van der Waals surface area contributed by atoms with Gasteiger partial charge in [-0.25, -0.2) is 22.4 Å². The monoisotopic (exact) mass is 465 g/mol. The molecule has 0 spiro atoms. The maximum atomic E-state index is 15.0. The molecule has 0 unspecified atom stereocenters. The van der Waals surface area contributed by atoms with Crippen molar-refractivity contribution in [3.8, 4) is 0 Å². The first-order valence-electron chi connectivity index (χ1n) is 10.2. The van der Waals surface area contributed by atoms with Crippen molar-refractivity contribution in [2.45, 2.75) is 39.7 Å². The lowest BCUT2D eigenvalue weighted by atomic mass is 9.86. The van der Waals surface area contributed by atoms with E-state index in [1.54, 1.807) is 20.8 Å². The molecule has 3 aromatic rings. The van der Waals surface area contributed by atoms with Crippen LogP contribution in [0, 0.1) is 28.7 Å². The van der Waals surface area contributed by atoms with Gasteiger partial charge in [0.15, 0.2) is 0 Å². The summed E-state index contributed by atoms with van der Waals surface area (Å²) in [7, 11) is 0. The molecule has 176 valence electrons. The number of halogens is 4. The third kappa shape index (κ3) is 4.78. The summed E-state index contributed by atoms with van der Waals surface area (Å²) in [6, 6.07) is 2.57. The van der Waals surface area contributed by atoms with Crippen molar-refractivity contribution in [3.05, 3.63) is 80.6 Å². The molecule has 1 aromatic heterocycles. The van der Waals surface area contributed by atoms with Gasteiger partial charge in [-0.2, -0.15) is 0 Å². The van der Waals surface area contributed by atoms with Gasteiger partial charge in [-0.1, -0.05) is 20.8 Å². The highest BCUT2D eigenvalue weighted by Gasteiger charge is 2.28. The van der Waals surface area contributed by atoms with E-state index in [2.05, 4.69) is 0 Å². The van der Waals surface area contributed by atoms with Crippen molar-refractivity contribution in [1.29, 1.82) is 0 Å². The van der Waals surface area contributed by atoms with Crippen LogP contribution in [0.5, 0.6) is 0 Å². The largest absolute Gasteiger partial charge is 0.477 e. The van der Waals surface area contributed by atoms with E-state index >= 15 is 0 Å². The highest BCUT2D eigenvalue weighted by Crippen LogP contribution is 2.33. The van der Waals surface area contributed by atoms with Gasteiger partial charge in [0, 0.05) is 29.3 Å². The van der Waals surface area contributed by atoms with Crippen LogP contribution in [0.25, 0.3) is 10.9 Å². The summed E-state index contributed by atoms with van der Waals surface area (Å²) in [6.07, 6.45) is 0.552. The molecule has 5 nitrogen and oxygen atoms in total. The zero-order valence-corrected chi connectivity index (χ0v) is 18.3. The maximum Gasteiger partial charge on any atom is 0.341 e. The van der Waals surface area contributed by atoms with E-state index in [-0.39, 0.29) is 29.3 Å². The Morgan fingerprint density at radius 3 is 2.12 bits per heavy atom. The molecule has 1 atom stereocenters. The van der Waals surface area contributed by atoms with Gasteiger partial charge in [0.2, 0.25) is 5.43 Å². The number of aryl methyl sites for hydroxylation is 1. The number of fused-ring (bicyclic) bond motifs is 1. The number of hydrogen-bond acceptors (Lipinski definition) is 3. The molecule has 0 aliphatic carbocycles. The van der Waals surface area contributed by atoms with Crippen molar-refractivity contribution in [3.63, 3.8) is 0 Å². The third-order valence-corrected chi connectivity index (χ3v) is 5.69. The van der Waals surface area contributed by atoms with Crippen LogP contribution in [0.2, 0.25) is 0 Å². The van der Waals surface area contributed by atoms with Crippen LogP contribution in [0.15, 0.2) is 35.3 Å². The van der Waals surface area contributed by atoms with Crippen LogP contribution in [0.3, 0.4) is 0 Å². The molecule has 3 rings (SSSR count). The van der Waals surface area contributed by atoms with Crippen LogP contribution >= 0.6 is 0 Å². The van der Waals surface area contributed by atoms with Gasteiger partial charge in [0.1, 0.15) is 28.8 Å². The van der Waals surface area contributed by atoms with Gasteiger partial charge in [0.25, 0.3) is 0 Å². The molecule has 2 N–H and O–H groups in total. The summed E-state index contributed by atoms with van der Waals surface area (Å²) in [4.78, 5) is 24.5. The van der Waals surface area contributed by atoms with Crippen LogP contribution < -0.4 is 5.43 Å². The van der Waals surface area contributed by atoms with E-state index < -0.39 is 63.9 Å². The standard InChI is InChI=1S/C24H23F4NO4/c1-24(2,3)21(11-30)29-10-16(23(32)33)22(31)15-6-12(17(26)9-20(15)29)4-5-14-18(27)7-13(25)8-19(14)28/h6-10,21,30H,4-5,11H2,1-3H3,(H,32,33)/t21-/m1/s1. The Morgan fingerprint density at radius 1 is 1.00 bits per heavy atom. The van der Waals surface area contributed by atoms with Gasteiger partial charge in [-0.15, -0.1) is 0 Å². The Bertz CT molecular complexity index is 1270. The summed E-state index contributed by atoms with van der Waals surface area (Å²) in [5, 5.41) is 19.3. The van der Waals surface area contributed by atoms with Gasteiger partial charge in [-0.05, 0) is 36.0 Å². The SMILES string of the molecule is CC(C)(C)[C@@H](CO)n1cc(C(=O)O)c(=O)c2cc(CCc3c(F)cc(F)cc3F)c(F)cc21. The second kappa shape index (κ2) is 8.97. The fourth-order valence-electron chi connectivity index (χ4n) is 3.87. The minimum Gasteiger partial charge on any atom is -0.477 e. The van der Waals surface area contributed by atoms with Crippen LogP contribution in [0.1, 0.15) is 48.3 Å². The number of carboxylic acids is 1. The Kier molecular flexibility index (Phi) is 6.65. The lowest BCUT2D eigenvalue weighted by molar-refractivity contribution is 0.0692. The number of rotatable bonds is 6. The molecular weight excluding hydrogens is 442 g/mol. The molecule has 0 bridgehead atoms. The summed E-state index contributed by atoms with van der Waals surface area (Å²) in [5.41, 5.74) is -2.38. The Morgan fingerprint density at radius 2 is 1.61 bits per heavy atom. The summed E-state index contributed by atoms with van der Waals surface area (Å²) >= 11 is 0. The molecule has 0 amide bonds. The lowest BCUT2D eigenvalue weighted by Gasteiger charge is -2.33. The number of carbonyl (C=O) groups is 1. The smallest absolute Gasteiger partial charge is 0.341 e. The number of hydrogen-bond donors (Lipinski definition) is 2. The van der Waals surface area contributed by atoms with E-state index in [4.69, 9.17) is 0 Å². The second-order valence-corrected chi connectivity index (χ2v) is 8.96. The molecule has 0 fully saturated rings. The first-order chi connectivity index (χ1) is 15.3. The van der Waals surface area contributed by atoms with Gasteiger partial charge in [0.05, 0.1) is 18.2 Å². The van der Waals surface area contributed by atoms with E-state index in [9.17, 15) is 37.4 Å². The van der Waals surface area contributed by atoms with Crippen LogP contribution in [-0.2, 0) is 12.8 Å². The normalized spacial score (nSPS) is 12.8. The average molecular weight is 465 g/mol. The molecule has 0 saturated heterocycles. The first-order valence-corrected chi connectivity index (χ1v) is 10.2. The highest BCUT2D eigenvalue weighted by molar-refractivity contribution is 5.92. The minimum absolute atomic E-state index is 0.0619. The molecule has 0 saturated carbocycles. The maximum absolute atomic E-state index is 15.0. The Hall–Kier alpha value is -3.20. The molecule has 1 heterocycles. The van der Waals surface area contributed by atoms with Gasteiger partial charge in [-0.3, -0.25) is 4.79 Å². The predicted molar refractivity (Wildman–Crippen MR) is 114 cm³/mol. The van der Waals surface area contributed by atoms with Crippen LogP contribution in [0.4, 0.5) is 17.6 Å². The number of carboxylic acid groups (broad SMARTS) is 1. The predicted octanol–water partition coefficient (Wildman–Crippen LogP) is 4.62. The van der Waals surface area contributed by atoms with E-state index in [0.717, 1.165) is 18.3 Å². The van der Waals surface area contributed by atoms with Crippen molar-refractivity contribution in [1.82, 2.24) is 4.57 Å². The van der Waals surface area contributed by atoms with Crippen molar-refractivity contribution in [2.24, 2.45) is 5.41 Å². The fraction of sp³-hybridized carbons (Fsp3) is 0.333. The molecule has 0 radical (unpaired) electrons. The van der Waals surface area contributed by atoms with E-state index in [1.165, 1.54) is 4.57 Å². The number of nitrogens with zero attached hydrogens (tertiary/aromatic N) is 1. The number of aromatic carboxylic acids is 1. The third-order valence-electron chi connectivity index (χ3n) is 5.69. The number of aliphatic hydroxyl groups excluding tert-OH is 1. The molecule has 2 aromatic carbocycles. The highest BCUT2D eigenvalue weighted by atomic mass is 19.1. The number of benzene rings is 2.